The Morgan fingerprint density at radius 2 is 2.18 bits per heavy atom. The Labute approximate surface area is 120 Å². The van der Waals surface area contributed by atoms with E-state index in [2.05, 4.69) is 21.2 Å². The smallest absolute Gasteiger partial charge is 0.151 e. The number of hydrogen-bond acceptors (Lipinski definition) is 4. The van der Waals surface area contributed by atoms with Gasteiger partial charge in [0.2, 0.25) is 0 Å². The Bertz CT molecular complexity index is 467. The highest BCUT2D eigenvalue weighted by Gasteiger charge is 2.28. The largest absolute Gasteiger partial charge is 0.308 e. The van der Waals surface area contributed by atoms with E-state index in [1.54, 1.807) is 6.92 Å². The van der Waals surface area contributed by atoms with Crippen molar-refractivity contribution >= 4 is 48.7 Å². The summed E-state index contributed by atoms with van der Waals surface area (Å²) in [5.41, 5.74) is 0. The molecule has 2 unspecified atom stereocenters. The van der Waals surface area contributed by atoms with E-state index in [0.717, 1.165) is 8.66 Å². The van der Waals surface area contributed by atoms with Gasteiger partial charge in [0.05, 0.1) is 20.1 Å². The van der Waals surface area contributed by atoms with Gasteiger partial charge in [-0.05, 0) is 35.5 Å². The van der Waals surface area contributed by atoms with Crippen molar-refractivity contribution in [1.29, 1.82) is 0 Å². The molecule has 2 atom stereocenters. The SMILES string of the molecule is CCNC(c1cc(Cl)c(Br)s1)C(C)S(C)(=O)=O. The molecule has 0 bridgehead atoms. The maximum absolute atomic E-state index is 11.6. The van der Waals surface area contributed by atoms with Gasteiger partial charge in [-0.15, -0.1) is 11.3 Å². The van der Waals surface area contributed by atoms with Gasteiger partial charge in [-0.3, -0.25) is 0 Å². The van der Waals surface area contributed by atoms with Crippen molar-refractivity contribution in [3.05, 3.63) is 19.8 Å². The van der Waals surface area contributed by atoms with Crippen LogP contribution < -0.4 is 5.32 Å². The zero-order valence-electron chi connectivity index (χ0n) is 9.83. The molecule has 0 fully saturated rings. The van der Waals surface area contributed by atoms with E-state index in [0.29, 0.717) is 11.6 Å². The summed E-state index contributed by atoms with van der Waals surface area (Å²) in [6.45, 7) is 4.37. The Hall–Kier alpha value is 0.380. The van der Waals surface area contributed by atoms with Gasteiger partial charge in [-0.2, -0.15) is 0 Å². The quantitative estimate of drug-likeness (QED) is 0.876. The van der Waals surface area contributed by atoms with E-state index in [1.165, 1.54) is 17.6 Å². The van der Waals surface area contributed by atoms with E-state index in [9.17, 15) is 8.42 Å². The van der Waals surface area contributed by atoms with Crippen molar-refractivity contribution in [3.63, 3.8) is 0 Å². The third-order valence-corrected chi connectivity index (χ3v) is 6.72. The first-order valence-electron chi connectivity index (χ1n) is 5.14. The maximum atomic E-state index is 11.6. The van der Waals surface area contributed by atoms with E-state index in [4.69, 9.17) is 11.6 Å². The first kappa shape index (κ1) is 15.4. The zero-order valence-corrected chi connectivity index (χ0v) is 13.8. The average Bonchev–Trinajstić information content (AvgIpc) is 2.53. The van der Waals surface area contributed by atoms with E-state index in [-0.39, 0.29) is 6.04 Å². The molecule has 1 rings (SSSR count). The minimum Gasteiger partial charge on any atom is -0.308 e. The highest BCUT2D eigenvalue weighted by molar-refractivity contribution is 9.11. The number of rotatable bonds is 5. The molecule has 1 N–H and O–H groups in total. The maximum Gasteiger partial charge on any atom is 0.151 e. The van der Waals surface area contributed by atoms with Gasteiger partial charge < -0.3 is 5.32 Å². The normalized spacial score (nSPS) is 15.8. The summed E-state index contributed by atoms with van der Waals surface area (Å²) in [5.74, 6) is 0. The van der Waals surface area contributed by atoms with E-state index >= 15 is 0 Å². The summed E-state index contributed by atoms with van der Waals surface area (Å²) in [4.78, 5) is 0.932. The third-order valence-electron chi connectivity index (χ3n) is 2.54. The lowest BCUT2D eigenvalue weighted by molar-refractivity contribution is 0.518. The van der Waals surface area contributed by atoms with Crippen LogP contribution in [0, 0.1) is 0 Å². The fourth-order valence-electron chi connectivity index (χ4n) is 1.48. The highest BCUT2D eigenvalue weighted by atomic mass is 79.9. The molecule has 0 aliphatic rings. The van der Waals surface area contributed by atoms with Crippen LogP contribution in [0.25, 0.3) is 0 Å². The third kappa shape index (κ3) is 3.92. The second-order valence-corrected chi connectivity index (χ2v) is 9.05. The van der Waals surface area contributed by atoms with Gasteiger partial charge in [0.25, 0.3) is 0 Å². The van der Waals surface area contributed by atoms with E-state index < -0.39 is 15.1 Å². The van der Waals surface area contributed by atoms with Crippen LogP contribution in [0.5, 0.6) is 0 Å². The van der Waals surface area contributed by atoms with Crippen molar-refractivity contribution in [2.75, 3.05) is 12.8 Å². The minimum absolute atomic E-state index is 0.219. The fraction of sp³-hybridized carbons (Fsp3) is 0.600. The molecule has 17 heavy (non-hydrogen) atoms. The van der Waals surface area contributed by atoms with Crippen LogP contribution in [0.3, 0.4) is 0 Å². The molecule has 0 saturated carbocycles. The molecule has 0 amide bonds. The molecule has 0 aromatic carbocycles. The van der Waals surface area contributed by atoms with Crippen LogP contribution in [-0.4, -0.2) is 26.5 Å². The summed E-state index contributed by atoms with van der Waals surface area (Å²) in [7, 11) is -3.09. The van der Waals surface area contributed by atoms with E-state index in [1.807, 2.05) is 13.0 Å². The lowest BCUT2D eigenvalue weighted by Gasteiger charge is -2.22. The average molecular weight is 361 g/mol. The van der Waals surface area contributed by atoms with Crippen molar-refractivity contribution in [1.82, 2.24) is 5.32 Å². The minimum atomic E-state index is -3.09. The predicted molar refractivity (Wildman–Crippen MR) is 77.8 cm³/mol. The topological polar surface area (TPSA) is 46.2 Å². The first-order chi connectivity index (χ1) is 7.77. The molecule has 0 radical (unpaired) electrons. The number of sulfone groups is 1. The van der Waals surface area contributed by atoms with Gasteiger partial charge in [0.1, 0.15) is 0 Å². The molecule has 0 aliphatic carbocycles. The van der Waals surface area contributed by atoms with Crippen molar-refractivity contribution in [2.24, 2.45) is 0 Å². The van der Waals surface area contributed by atoms with Gasteiger partial charge in [-0.25, -0.2) is 8.42 Å². The summed E-state index contributed by atoms with van der Waals surface area (Å²) in [6.07, 6.45) is 1.26. The Morgan fingerprint density at radius 1 is 1.59 bits per heavy atom. The number of hydrogen-bond donors (Lipinski definition) is 1. The van der Waals surface area contributed by atoms with Crippen molar-refractivity contribution in [2.45, 2.75) is 25.1 Å². The molecule has 0 saturated heterocycles. The van der Waals surface area contributed by atoms with Gasteiger partial charge in [0.15, 0.2) is 9.84 Å². The Balaban J connectivity index is 3.09. The van der Waals surface area contributed by atoms with Gasteiger partial charge >= 0.3 is 0 Å². The highest BCUT2D eigenvalue weighted by Crippen LogP contribution is 2.37. The molecule has 98 valence electrons. The summed E-state index contributed by atoms with van der Waals surface area (Å²) >= 11 is 10.8. The molecule has 7 heteroatoms. The second-order valence-electron chi connectivity index (χ2n) is 3.84. The number of halogens is 2. The fourth-order valence-corrected chi connectivity index (χ4v) is 4.23. The molecule has 3 nitrogen and oxygen atoms in total. The zero-order chi connectivity index (χ0) is 13.2. The Morgan fingerprint density at radius 3 is 2.53 bits per heavy atom. The molecule has 1 heterocycles. The van der Waals surface area contributed by atoms with Crippen LogP contribution in [0.1, 0.15) is 24.8 Å². The number of nitrogens with one attached hydrogen (secondary N) is 1. The summed E-state index contributed by atoms with van der Waals surface area (Å²) < 4.78 is 24.1. The number of thiophene rings is 1. The van der Waals surface area contributed by atoms with Crippen molar-refractivity contribution < 1.29 is 8.42 Å². The molecule has 1 aromatic heterocycles. The van der Waals surface area contributed by atoms with Crippen LogP contribution in [-0.2, 0) is 9.84 Å². The predicted octanol–water partition coefficient (Wildman–Crippen LogP) is 3.25. The molecule has 0 aliphatic heterocycles. The summed E-state index contributed by atoms with van der Waals surface area (Å²) in [5, 5.41) is 3.33. The molecule has 1 aromatic rings. The first-order valence-corrected chi connectivity index (χ1v) is 9.08. The van der Waals surface area contributed by atoms with Crippen LogP contribution in [0.15, 0.2) is 9.85 Å². The second kappa shape index (κ2) is 6.02. The van der Waals surface area contributed by atoms with Crippen molar-refractivity contribution in [3.8, 4) is 0 Å². The summed E-state index contributed by atoms with van der Waals surface area (Å²) in [6, 6.07) is 1.59. The molecular weight excluding hydrogens is 346 g/mol. The monoisotopic (exact) mass is 359 g/mol. The lowest BCUT2D eigenvalue weighted by atomic mass is 10.2. The van der Waals surface area contributed by atoms with Gasteiger partial charge in [0, 0.05) is 11.1 Å². The standard InChI is InChI=1S/C10H15BrClNO2S2/c1-4-13-9(6(2)17(3,14)15)8-5-7(12)10(11)16-8/h5-6,9,13H,4H2,1-3H3. The molecular formula is C10H15BrClNO2S2. The van der Waals surface area contributed by atoms with Gasteiger partial charge in [-0.1, -0.05) is 18.5 Å². The molecule has 0 spiro atoms. The lowest BCUT2D eigenvalue weighted by Crippen LogP contribution is -2.34. The Kier molecular flexibility index (Phi) is 5.46. The van der Waals surface area contributed by atoms with Crippen LogP contribution >= 0.6 is 38.9 Å². The van der Waals surface area contributed by atoms with Crippen LogP contribution in [0.2, 0.25) is 5.02 Å². The van der Waals surface area contributed by atoms with Crippen LogP contribution in [0.4, 0.5) is 0 Å².